The van der Waals surface area contributed by atoms with E-state index in [-0.39, 0.29) is 0 Å². The van der Waals surface area contributed by atoms with E-state index in [1.807, 2.05) is 4.72 Å². The van der Waals surface area contributed by atoms with Crippen molar-refractivity contribution in [3.63, 3.8) is 0 Å². The van der Waals surface area contributed by atoms with Gasteiger partial charge in [-0.25, -0.2) is 17.8 Å². The maximum absolute atomic E-state index is 13.4. The molecule has 0 aliphatic carbocycles. The third-order valence-corrected chi connectivity index (χ3v) is 3.68. The lowest BCUT2D eigenvalue weighted by atomic mass is 10.3. The predicted octanol–water partition coefficient (Wildman–Crippen LogP) is 2.92. The van der Waals surface area contributed by atoms with Crippen LogP contribution in [0.5, 0.6) is 5.75 Å². The molecule has 0 fully saturated rings. The van der Waals surface area contributed by atoms with Crippen LogP contribution in [0.25, 0.3) is 0 Å². The maximum atomic E-state index is 13.4. The first kappa shape index (κ1) is 16.0. The van der Waals surface area contributed by atoms with Crippen molar-refractivity contribution in [2.75, 3.05) is 4.72 Å². The van der Waals surface area contributed by atoms with Gasteiger partial charge in [0.1, 0.15) is 5.75 Å². The highest BCUT2D eigenvalue weighted by atomic mass is 32.2. The van der Waals surface area contributed by atoms with Gasteiger partial charge in [-0.15, -0.1) is 13.2 Å². The van der Waals surface area contributed by atoms with E-state index in [0.717, 1.165) is 30.5 Å². The minimum Gasteiger partial charge on any atom is -0.406 e. The molecule has 1 heterocycles. The minimum absolute atomic E-state index is 0.528. The molecule has 2 aromatic rings. The molecule has 0 radical (unpaired) electrons. The van der Waals surface area contributed by atoms with Crippen LogP contribution in [0.2, 0.25) is 0 Å². The highest BCUT2D eigenvalue weighted by molar-refractivity contribution is 7.92. The first-order valence-electron chi connectivity index (χ1n) is 5.66. The summed E-state index contributed by atoms with van der Waals surface area (Å²) in [6.07, 6.45) is -3.80. The number of halogens is 4. The SMILES string of the molecule is O=S(=O)(Nc1ncccc1F)c1cccc(OC(F)(F)F)c1. The van der Waals surface area contributed by atoms with E-state index in [1.165, 1.54) is 6.07 Å². The zero-order chi connectivity index (χ0) is 16.4. The summed E-state index contributed by atoms with van der Waals surface area (Å²) in [5.74, 6) is -2.20. The molecule has 5 nitrogen and oxygen atoms in total. The van der Waals surface area contributed by atoms with Gasteiger partial charge in [0.15, 0.2) is 11.6 Å². The number of benzene rings is 1. The molecular weight excluding hydrogens is 328 g/mol. The highest BCUT2D eigenvalue weighted by Gasteiger charge is 2.31. The number of nitrogens with one attached hydrogen (secondary N) is 1. The van der Waals surface area contributed by atoms with E-state index < -0.39 is 38.7 Å². The lowest BCUT2D eigenvalue weighted by Gasteiger charge is -2.11. The molecule has 0 bridgehead atoms. The molecule has 1 aromatic heterocycles. The van der Waals surface area contributed by atoms with Gasteiger partial charge in [-0.1, -0.05) is 6.07 Å². The Hall–Kier alpha value is -2.36. The number of pyridine rings is 1. The van der Waals surface area contributed by atoms with Crippen molar-refractivity contribution >= 4 is 15.8 Å². The Kier molecular flexibility index (Phi) is 4.22. The number of nitrogens with zero attached hydrogens (tertiary/aromatic N) is 1. The Morgan fingerprint density at radius 1 is 1.14 bits per heavy atom. The Balaban J connectivity index is 2.30. The van der Waals surface area contributed by atoms with Gasteiger partial charge in [-0.2, -0.15) is 0 Å². The minimum atomic E-state index is -4.96. The van der Waals surface area contributed by atoms with Crippen LogP contribution in [0.4, 0.5) is 23.4 Å². The molecule has 0 unspecified atom stereocenters. The number of hydrogen-bond donors (Lipinski definition) is 1. The predicted molar refractivity (Wildman–Crippen MR) is 68.1 cm³/mol. The molecule has 0 amide bonds. The average molecular weight is 336 g/mol. The molecule has 0 aliphatic heterocycles. The molecule has 118 valence electrons. The first-order chi connectivity index (χ1) is 10.2. The lowest BCUT2D eigenvalue weighted by molar-refractivity contribution is -0.274. The Morgan fingerprint density at radius 2 is 1.86 bits per heavy atom. The smallest absolute Gasteiger partial charge is 0.406 e. The number of ether oxygens (including phenoxy) is 1. The second-order valence-electron chi connectivity index (χ2n) is 3.96. The fourth-order valence-electron chi connectivity index (χ4n) is 1.49. The molecular formula is C12H8F4N2O3S. The molecule has 1 aromatic carbocycles. The van der Waals surface area contributed by atoms with E-state index in [0.29, 0.717) is 6.07 Å². The van der Waals surface area contributed by atoms with Crippen LogP contribution in [-0.2, 0) is 10.0 Å². The topological polar surface area (TPSA) is 68.3 Å². The van der Waals surface area contributed by atoms with E-state index in [2.05, 4.69) is 9.72 Å². The van der Waals surface area contributed by atoms with Crippen LogP contribution in [0.1, 0.15) is 0 Å². The number of anilines is 1. The maximum Gasteiger partial charge on any atom is 0.573 e. The third-order valence-electron chi connectivity index (χ3n) is 2.34. The van der Waals surface area contributed by atoms with Gasteiger partial charge in [-0.05, 0) is 24.3 Å². The fraction of sp³-hybridized carbons (Fsp3) is 0.0833. The molecule has 0 aliphatic rings. The van der Waals surface area contributed by atoms with Crippen molar-refractivity contribution in [1.82, 2.24) is 4.98 Å². The van der Waals surface area contributed by atoms with Crippen LogP contribution in [-0.4, -0.2) is 19.8 Å². The number of rotatable bonds is 4. The normalized spacial score (nSPS) is 12.0. The van der Waals surface area contributed by atoms with Crippen molar-refractivity contribution in [3.05, 3.63) is 48.4 Å². The summed E-state index contributed by atoms with van der Waals surface area (Å²) in [7, 11) is -4.31. The molecule has 0 saturated heterocycles. The van der Waals surface area contributed by atoms with Gasteiger partial charge in [0, 0.05) is 12.3 Å². The third kappa shape index (κ3) is 4.07. The van der Waals surface area contributed by atoms with Gasteiger partial charge in [0.05, 0.1) is 4.90 Å². The Morgan fingerprint density at radius 3 is 2.50 bits per heavy atom. The largest absolute Gasteiger partial charge is 0.573 e. The van der Waals surface area contributed by atoms with E-state index >= 15 is 0 Å². The van der Waals surface area contributed by atoms with Gasteiger partial charge in [0.25, 0.3) is 10.0 Å². The standard InChI is InChI=1S/C12H8F4N2O3S/c13-10-5-2-6-17-11(10)18-22(19,20)9-4-1-3-8(7-9)21-12(14,15)16/h1-7H,(H,17,18). The summed E-state index contributed by atoms with van der Waals surface area (Å²) >= 11 is 0. The number of sulfonamides is 1. The van der Waals surface area contributed by atoms with Crippen molar-refractivity contribution < 1.29 is 30.7 Å². The number of aromatic nitrogens is 1. The Labute approximate surface area is 122 Å². The van der Waals surface area contributed by atoms with Crippen LogP contribution in [0, 0.1) is 5.82 Å². The van der Waals surface area contributed by atoms with E-state index in [1.54, 1.807) is 0 Å². The zero-order valence-electron chi connectivity index (χ0n) is 10.6. The monoisotopic (exact) mass is 336 g/mol. The number of alkyl halides is 3. The molecule has 0 atom stereocenters. The molecule has 0 spiro atoms. The fourth-order valence-corrected chi connectivity index (χ4v) is 2.54. The van der Waals surface area contributed by atoms with Crippen LogP contribution >= 0.6 is 0 Å². The summed E-state index contributed by atoms with van der Waals surface area (Å²) in [4.78, 5) is 2.97. The van der Waals surface area contributed by atoms with Gasteiger partial charge < -0.3 is 4.74 Å². The van der Waals surface area contributed by atoms with Crippen LogP contribution in [0.3, 0.4) is 0 Å². The highest BCUT2D eigenvalue weighted by Crippen LogP contribution is 2.25. The average Bonchev–Trinajstić information content (AvgIpc) is 2.40. The van der Waals surface area contributed by atoms with Crippen molar-refractivity contribution in [3.8, 4) is 5.75 Å². The summed E-state index contributed by atoms with van der Waals surface area (Å²) in [6, 6.07) is 5.93. The Bertz CT molecular complexity index is 778. The molecule has 2 rings (SSSR count). The lowest BCUT2D eigenvalue weighted by Crippen LogP contribution is -2.18. The summed E-state index contributed by atoms with van der Waals surface area (Å²) in [5, 5.41) is 0. The molecule has 1 N–H and O–H groups in total. The van der Waals surface area contributed by atoms with Crippen LogP contribution in [0.15, 0.2) is 47.5 Å². The van der Waals surface area contributed by atoms with Gasteiger partial charge in [-0.3, -0.25) is 4.72 Å². The molecule has 0 saturated carbocycles. The molecule has 10 heteroatoms. The van der Waals surface area contributed by atoms with E-state index in [4.69, 9.17) is 0 Å². The van der Waals surface area contributed by atoms with E-state index in [9.17, 15) is 26.0 Å². The van der Waals surface area contributed by atoms with Crippen LogP contribution < -0.4 is 9.46 Å². The zero-order valence-corrected chi connectivity index (χ0v) is 11.5. The van der Waals surface area contributed by atoms with Gasteiger partial charge in [0.2, 0.25) is 0 Å². The summed E-state index contributed by atoms with van der Waals surface area (Å²) in [5.41, 5.74) is 0. The summed E-state index contributed by atoms with van der Waals surface area (Å²) < 4.78 is 79.2. The van der Waals surface area contributed by atoms with Gasteiger partial charge >= 0.3 is 6.36 Å². The summed E-state index contributed by atoms with van der Waals surface area (Å²) in [6.45, 7) is 0. The second-order valence-corrected chi connectivity index (χ2v) is 5.64. The first-order valence-corrected chi connectivity index (χ1v) is 7.15. The molecule has 22 heavy (non-hydrogen) atoms. The van der Waals surface area contributed by atoms with Crippen molar-refractivity contribution in [2.24, 2.45) is 0 Å². The quantitative estimate of drug-likeness (QED) is 0.872. The van der Waals surface area contributed by atoms with Crippen molar-refractivity contribution in [1.29, 1.82) is 0 Å². The van der Waals surface area contributed by atoms with Crippen molar-refractivity contribution in [2.45, 2.75) is 11.3 Å². The second kappa shape index (κ2) is 5.79. The number of hydrogen-bond acceptors (Lipinski definition) is 4.